The number of rotatable bonds is 2. The van der Waals surface area contributed by atoms with Crippen LogP contribution in [0.4, 0.5) is 0 Å². The van der Waals surface area contributed by atoms with Gasteiger partial charge in [0.05, 0.1) is 0 Å². The molecule has 1 aliphatic heterocycles. The fourth-order valence-corrected chi connectivity index (χ4v) is 2.20. The van der Waals surface area contributed by atoms with Crippen LogP contribution in [0.5, 0.6) is 5.75 Å². The molecule has 0 saturated heterocycles. The fourth-order valence-electron chi connectivity index (χ4n) is 2.20. The van der Waals surface area contributed by atoms with E-state index in [-0.39, 0.29) is 17.2 Å². The van der Waals surface area contributed by atoms with Crippen molar-refractivity contribution in [3.8, 4) is 17.1 Å². The number of nitrogens with zero attached hydrogens (tertiary/aromatic N) is 4. The van der Waals surface area contributed by atoms with E-state index in [4.69, 9.17) is 0 Å². The van der Waals surface area contributed by atoms with E-state index >= 15 is 0 Å². The molecule has 1 aliphatic rings. The molecule has 2 aromatic rings. The molecule has 0 aliphatic carbocycles. The van der Waals surface area contributed by atoms with E-state index in [1.54, 1.807) is 28.9 Å². The topological polar surface area (TPSA) is 94.1 Å². The van der Waals surface area contributed by atoms with Crippen LogP contribution in [0.15, 0.2) is 24.3 Å². The third-order valence-corrected chi connectivity index (χ3v) is 3.26. The van der Waals surface area contributed by atoms with Crippen molar-refractivity contribution in [2.45, 2.75) is 25.4 Å². The quantitative estimate of drug-likeness (QED) is 0.647. The summed E-state index contributed by atoms with van der Waals surface area (Å²) in [6, 6.07) is 6.00. The summed E-state index contributed by atoms with van der Waals surface area (Å²) in [6.07, 6.45) is 1.07. The lowest BCUT2D eigenvalue weighted by Crippen LogP contribution is -2.31. The second kappa shape index (κ2) is 4.34. The summed E-state index contributed by atoms with van der Waals surface area (Å²) in [5.41, 5.74) is 0.789. The molecule has 3 rings (SSSR count). The fraction of sp³-hybridized carbons (Fsp3) is 0.333. The normalized spacial score (nSPS) is 18.0. The van der Waals surface area contributed by atoms with Gasteiger partial charge >= 0.3 is 0 Å². The summed E-state index contributed by atoms with van der Waals surface area (Å²) in [4.78, 5) is 14.9. The van der Waals surface area contributed by atoms with Crippen LogP contribution in [-0.2, 0) is 13.0 Å². The average molecular weight is 260 g/mol. The lowest BCUT2D eigenvalue weighted by molar-refractivity contribution is -0.527. The maximum Gasteiger partial charge on any atom is 0.232 e. The molecule has 7 heteroatoms. The lowest BCUT2D eigenvalue weighted by atomic mass is 10.1. The number of fused-ring (bicyclic) bond motifs is 1. The van der Waals surface area contributed by atoms with Gasteiger partial charge in [0.1, 0.15) is 18.1 Å². The van der Waals surface area contributed by atoms with Gasteiger partial charge in [-0.15, -0.1) is 0 Å². The third kappa shape index (κ3) is 2.14. The van der Waals surface area contributed by atoms with Crippen LogP contribution in [-0.4, -0.2) is 30.8 Å². The maximum absolute atomic E-state index is 10.8. The SMILES string of the molecule is O=[N+]([O-])C1CCc2nc(-c3ccc(O)cc3)nn2C1. The molecule has 19 heavy (non-hydrogen) atoms. The highest BCUT2D eigenvalue weighted by molar-refractivity contribution is 5.55. The van der Waals surface area contributed by atoms with Gasteiger partial charge in [0, 0.05) is 23.3 Å². The highest BCUT2D eigenvalue weighted by atomic mass is 16.6. The Morgan fingerprint density at radius 3 is 2.79 bits per heavy atom. The highest BCUT2D eigenvalue weighted by Crippen LogP contribution is 2.22. The van der Waals surface area contributed by atoms with Gasteiger partial charge in [-0.25, -0.2) is 9.67 Å². The summed E-state index contributed by atoms with van der Waals surface area (Å²) in [5.74, 6) is 1.50. The first-order chi connectivity index (χ1) is 9.13. The Balaban J connectivity index is 1.91. The number of hydrogen-bond acceptors (Lipinski definition) is 5. The molecule has 1 atom stereocenters. The van der Waals surface area contributed by atoms with Gasteiger partial charge in [-0.05, 0) is 24.3 Å². The van der Waals surface area contributed by atoms with Crippen molar-refractivity contribution in [1.29, 1.82) is 0 Å². The van der Waals surface area contributed by atoms with Crippen molar-refractivity contribution in [1.82, 2.24) is 14.8 Å². The Kier molecular flexibility index (Phi) is 2.66. The first kappa shape index (κ1) is 11.6. The van der Waals surface area contributed by atoms with Crippen molar-refractivity contribution < 1.29 is 10.0 Å². The monoisotopic (exact) mass is 260 g/mol. The molecule has 7 nitrogen and oxygen atoms in total. The predicted molar refractivity (Wildman–Crippen MR) is 66.2 cm³/mol. The molecule has 0 saturated carbocycles. The van der Waals surface area contributed by atoms with E-state index < -0.39 is 6.04 Å². The smallest absolute Gasteiger partial charge is 0.232 e. The molecule has 1 N–H and O–H groups in total. The van der Waals surface area contributed by atoms with Gasteiger partial charge in [0.25, 0.3) is 0 Å². The molecule has 0 bridgehead atoms. The molecule has 0 spiro atoms. The molecule has 1 aromatic carbocycles. The van der Waals surface area contributed by atoms with E-state index in [9.17, 15) is 15.2 Å². The first-order valence-corrected chi connectivity index (χ1v) is 6.00. The van der Waals surface area contributed by atoms with Gasteiger partial charge < -0.3 is 5.11 Å². The minimum atomic E-state index is -0.582. The Morgan fingerprint density at radius 2 is 2.11 bits per heavy atom. The molecule has 0 radical (unpaired) electrons. The van der Waals surface area contributed by atoms with Gasteiger partial charge in [-0.2, -0.15) is 5.10 Å². The molecule has 1 aromatic heterocycles. The maximum atomic E-state index is 10.8. The van der Waals surface area contributed by atoms with E-state index in [1.807, 2.05) is 0 Å². The largest absolute Gasteiger partial charge is 0.508 e. The number of aromatic nitrogens is 3. The molecule has 98 valence electrons. The van der Waals surface area contributed by atoms with Crippen molar-refractivity contribution >= 4 is 0 Å². The van der Waals surface area contributed by atoms with Crippen molar-refractivity contribution in [3.05, 3.63) is 40.2 Å². The zero-order valence-electron chi connectivity index (χ0n) is 10.1. The molecule has 1 unspecified atom stereocenters. The second-order valence-corrected chi connectivity index (χ2v) is 4.56. The zero-order valence-corrected chi connectivity index (χ0v) is 10.1. The Bertz CT molecular complexity index is 620. The highest BCUT2D eigenvalue weighted by Gasteiger charge is 2.29. The van der Waals surface area contributed by atoms with Crippen LogP contribution in [0.25, 0.3) is 11.4 Å². The summed E-state index contributed by atoms with van der Waals surface area (Å²) in [7, 11) is 0. The molecule has 0 fully saturated rings. The van der Waals surface area contributed by atoms with Gasteiger partial charge in [0.2, 0.25) is 6.04 Å². The minimum absolute atomic E-state index is 0.182. The van der Waals surface area contributed by atoms with Gasteiger partial charge in [-0.3, -0.25) is 10.1 Å². The molecule has 0 amide bonds. The summed E-state index contributed by atoms with van der Waals surface area (Å²) < 4.78 is 1.61. The number of phenolic OH excluding ortho intramolecular Hbond substituents is 1. The van der Waals surface area contributed by atoms with E-state index in [0.717, 1.165) is 11.4 Å². The van der Waals surface area contributed by atoms with Crippen molar-refractivity contribution in [2.24, 2.45) is 0 Å². The number of nitro groups is 1. The summed E-state index contributed by atoms with van der Waals surface area (Å²) in [5, 5.41) is 24.3. The van der Waals surface area contributed by atoms with Gasteiger partial charge in [0.15, 0.2) is 5.82 Å². The second-order valence-electron chi connectivity index (χ2n) is 4.56. The average Bonchev–Trinajstić information content (AvgIpc) is 2.82. The number of aryl methyl sites for hydroxylation is 1. The Labute approximate surface area is 108 Å². The van der Waals surface area contributed by atoms with Crippen molar-refractivity contribution in [2.75, 3.05) is 0 Å². The predicted octanol–water partition coefficient (Wildman–Crippen LogP) is 1.24. The first-order valence-electron chi connectivity index (χ1n) is 6.00. The Hall–Kier alpha value is -2.44. The number of phenols is 1. The molecule has 2 heterocycles. The zero-order chi connectivity index (χ0) is 13.4. The van der Waals surface area contributed by atoms with E-state index in [2.05, 4.69) is 10.1 Å². The Morgan fingerprint density at radius 1 is 1.37 bits per heavy atom. The third-order valence-electron chi connectivity index (χ3n) is 3.26. The van der Waals surface area contributed by atoms with E-state index in [1.165, 1.54) is 0 Å². The van der Waals surface area contributed by atoms with Gasteiger partial charge in [-0.1, -0.05) is 0 Å². The number of hydrogen-bond donors (Lipinski definition) is 1. The van der Waals surface area contributed by atoms with Crippen LogP contribution in [0.3, 0.4) is 0 Å². The van der Waals surface area contributed by atoms with Crippen LogP contribution < -0.4 is 0 Å². The van der Waals surface area contributed by atoms with Crippen LogP contribution in [0.1, 0.15) is 12.2 Å². The van der Waals surface area contributed by atoms with Crippen molar-refractivity contribution in [3.63, 3.8) is 0 Å². The summed E-state index contributed by atoms with van der Waals surface area (Å²) >= 11 is 0. The molecular weight excluding hydrogens is 248 g/mol. The standard InChI is InChI=1S/C12H12N4O3/c17-10-4-1-8(2-5-10)12-13-11-6-3-9(16(18)19)7-15(11)14-12/h1-2,4-5,9,17H,3,6-7H2. The van der Waals surface area contributed by atoms with Crippen LogP contribution in [0, 0.1) is 10.1 Å². The van der Waals surface area contributed by atoms with Crippen LogP contribution in [0.2, 0.25) is 0 Å². The van der Waals surface area contributed by atoms with E-state index in [0.29, 0.717) is 18.7 Å². The number of benzene rings is 1. The van der Waals surface area contributed by atoms with Crippen LogP contribution >= 0.6 is 0 Å². The lowest BCUT2D eigenvalue weighted by Gasteiger charge is -2.15. The molecular formula is C12H12N4O3. The number of aromatic hydroxyl groups is 1. The minimum Gasteiger partial charge on any atom is -0.508 e. The summed E-state index contributed by atoms with van der Waals surface area (Å²) in [6.45, 7) is 0.271.